The average Bonchev–Trinajstić information content (AvgIpc) is 2.69. The minimum absolute atomic E-state index is 0.657. The van der Waals surface area contributed by atoms with Crippen LogP contribution in [0.25, 0.3) is 0 Å². The SMILES string of the molecule is CCn1cc(N=Nc2ccc(C)cc2)nc1C. The molecule has 0 aliphatic heterocycles. The van der Waals surface area contributed by atoms with Gasteiger partial charge in [-0.3, -0.25) is 0 Å². The summed E-state index contributed by atoms with van der Waals surface area (Å²) in [4.78, 5) is 4.32. The average molecular weight is 228 g/mol. The molecule has 0 fully saturated rings. The molecule has 2 rings (SSSR count). The molecular formula is C13H16N4. The Morgan fingerprint density at radius 2 is 1.82 bits per heavy atom. The van der Waals surface area contributed by atoms with Gasteiger partial charge in [-0.2, -0.15) is 0 Å². The molecule has 0 atom stereocenters. The Morgan fingerprint density at radius 1 is 1.12 bits per heavy atom. The van der Waals surface area contributed by atoms with E-state index in [1.54, 1.807) is 0 Å². The Kier molecular flexibility index (Phi) is 3.32. The van der Waals surface area contributed by atoms with E-state index in [0.29, 0.717) is 5.82 Å². The van der Waals surface area contributed by atoms with Crippen molar-refractivity contribution in [2.24, 2.45) is 10.2 Å². The maximum absolute atomic E-state index is 4.32. The minimum atomic E-state index is 0.657. The summed E-state index contributed by atoms with van der Waals surface area (Å²) in [6, 6.07) is 7.93. The van der Waals surface area contributed by atoms with Crippen LogP contribution in [-0.2, 0) is 6.54 Å². The van der Waals surface area contributed by atoms with Crippen molar-refractivity contribution in [3.05, 3.63) is 41.9 Å². The molecule has 1 aromatic carbocycles. The van der Waals surface area contributed by atoms with Gasteiger partial charge in [0.25, 0.3) is 0 Å². The summed E-state index contributed by atoms with van der Waals surface area (Å²) >= 11 is 0. The first kappa shape index (κ1) is 11.5. The Bertz CT molecular complexity index is 523. The smallest absolute Gasteiger partial charge is 0.192 e. The zero-order valence-electron chi connectivity index (χ0n) is 10.4. The van der Waals surface area contributed by atoms with E-state index in [0.717, 1.165) is 18.1 Å². The predicted molar refractivity (Wildman–Crippen MR) is 68.0 cm³/mol. The van der Waals surface area contributed by atoms with Crippen LogP contribution in [0.1, 0.15) is 18.3 Å². The maximum Gasteiger partial charge on any atom is 0.192 e. The third-order valence-electron chi connectivity index (χ3n) is 2.61. The fourth-order valence-electron chi connectivity index (χ4n) is 1.58. The predicted octanol–water partition coefficient (Wildman–Crippen LogP) is 3.94. The van der Waals surface area contributed by atoms with Gasteiger partial charge in [-0.1, -0.05) is 17.7 Å². The van der Waals surface area contributed by atoms with Gasteiger partial charge >= 0.3 is 0 Å². The number of hydrogen-bond acceptors (Lipinski definition) is 3. The second-order valence-corrected chi connectivity index (χ2v) is 3.97. The van der Waals surface area contributed by atoms with Crippen LogP contribution in [0, 0.1) is 13.8 Å². The Labute approximate surface area is 101 Å². The standard InChI is InChI=1S/C13H16N4/c1-4-17-9-13(14-11(17)3)16-15-12-7-5-10(2)6-8-12/h5-9H,4H2,1-3H3. The fourth-order valence-corrected chi connectivity index (χ4v) is 1.58. The lowest BCUT2D eigenvalue weighted by molar-refractivity contribution is 0.730. The highest BCUT2D eigenvalue weighted by molar-refractivity contribution is 5.38. The van der Waals surface area contributed by atoms with E-state index in [-0.39, 0.29) is 0 Å². The van der Waals surface area contributed by atoms with Crippen molar-refractivity contribution in [1.29, 1.82) is 0 Å². The third kappa shape index (κ3) is 2.78. The van der Waals surface area contributed by atoms with E-state index in [2.05, 4.69) is 22.1 Å². The van der Waals surface area contributed by atoms with Gasteiger partial charge in [-0.05, 0) is 32.9 Å². The van der Waals surface area contributed by atoms with Gasteiger partial charge in [-0.25, -0.2) is 4.98 Å². The Hall–Kier alpha value is -1.97. The molecule has 1 aromatic heterocycles. The fraction of sp³-hybridized carbons (Fsp3) is 0.308. The molecule has 1 heterocycles. The molecule has 0 radical (unpaired) electrons. The van der Waals surface area contributed by atoms with Crippen LogP contribution in [0.15, 0.2) is 40.7 Å². The van der Waals surface area contributed by atoms with Gasteiger partial charge in [0, 0.05) is 6.54 Å². The molecule has 0 unspecified atom stereocenters. The monoisotopic (exact) mass is 228 g/mol. The quantitative estimate of drug-likeness (QED) is 0.734. The number of hydrogen-bond donors (Lipinski definition) is 0. The van der Waals surface area contributed by atoms with Crippen molar-refractivity contribution in [2.45, 2.75) is 27.3 Å². The van der Waals surface area contributed by atoms with Crippen molar-refractivity contribution in [1.82, 2.24) is 9.55 Å². The van der Waals surface area contributed by atoms with Crippen molar-refractivity contribution in [3.63, 3.8) is 0 Å². The maximum atomic E-state index is 4.32. The first-order valence-corrected chi connectivity index (χ1v) is 5.71. The molecule has 0 spiro atoms. The molecule has 2 aromatic rings. The van der Waals surface area contributed by atoms with Crippen molar-refractivity contribution < 1.29 is 0 Å². The topological polar surface area (TPSA) is 42.5 Å². The lowest BCUT2D eigenvalue weighted by atomic mass is 10.2. The van der Waals surface area contributed by atoms with E-state index in [1.165, 1.54) is 5.56 Å². The molecule has 17 heavy (non-hydrogen) atoms. The van der Waals surface area contributed by atoms with Crippen LogP contribution in [0.3, 0.4) is 0 Å². The zero-order valence-corrected chi connectivity index (χ0v) is 10.4. The van der Waals surface area contributed by atoms with Gasteiger partial charge in [0.15, 0.2) is 5.82 Å². The Morgan fingerprint density at radius 3 is 2.41 bits per heavy atom. The van der Waals surface area contributed by atoms with E-state index in [4.69, 9.17) is 0 Å². The first-order valence-electron chi connectivity index (χ1n) is 5.71. The Balaban J connectivity index is 2.17. The number of imidazole rings is 1. The molecule has 4 heteroatoms. The molecular weight excluding hydrogens is 212 g/mol. The number of azo groups is 1. The second-order valence-electron chi connectivity index (χ2n) is 3.97. The molecule has 0 aliphatic carbocycles. The summed E-state index contributed by atoms with van der Waals surface area (Å²) < 4.78 is 2.05. The van der Waals surface area contributed by atoms with Gasteiger partial charge in [0.05, 0.1) is 11.9 Å². The van der Waals surface area contributed by atoms with Gasteiger partial charge in [0.2, 0.25) is 0 Å². The number of benzene rings is 1. The molecule has 4 nitrogen and oxygen atoms in total. The second kappa shape index (κ2) is 4.91. The minimum Gasteiger partial charge on any atom is -0.333 e. The summed E-state index contributed by atoms with van der Waals surface area (Å²) in [6.07, 6.45) is 1.91. The van der Waals surface area contributed by atoms with E-state index < -0.39 is 0 Å². The lowest BCUT2D eigenvalue weighted by Crippen LogP contribution is -1.93. The van der Waals surface area contributed by atoms with E-state index in [9.17, 15) is 0 Å². The van der Waals surface area contributed by atoms with E-state index >= 15 is 0 Å². The zero-order chi connectivity index (χ0) is 12.3. The van der Waals surface area contributed by atoms with Crippen LogP contribution in [0.2, 0.25) is 0 Å². The highest BCUT2D eigenvalue weighted by atomic mass is 15.2. The van der Waals surface area contributed by atoms with Crippen LogP contribution in [0.5, 0.6) is 0 Å². The summed E-state index contributed by atoms with van der Waals surface area (Å²) in [5, 5.41) is 8.28. The highest BCUT2D eigenvalue weighted by Crippen LogP contribution is 2.18. The number of aryl methyl sites for hydroxylation is 3. The van der Waals surface area contributed by atoms with Gasteiger partial charge < -0.3 is 4.57 Å². The van der Waals surface area contributed by atoms with Crippen LogP contribution < -0.4 is 0 Å². The summed E-state index contributed by atoms with van der Waals surface area (Å²) in [5.74, 6) is 1.62. The number of aromatic nitrogens is 2. The molecule has 0 N–H and O–H groups in total. The largest absolute Gasteiger partial charge is 0.333 e. The molecule has 0 aliphatic rings. The van der Waals surface area contributed by atoms with Crippen molar-refractivity contribution in [2.75, 3.05) is 0 Å². The molecule has 88 valence electrons. The summed E-state index contributed by atoms with van der Waals surface area (Å²) in [5.41, 5.74) is 2.06. The van der Waals surface area contributed by atoms with Crippen LogP contribution in [-0.4, -0.2) is 9.55 Å². The molecule has 0 bridgehead atoms. The first-order chi connectivity index (χ1) is 8.19. The lowest BCUT2D eigenvalue weighted by Gasteiger charge is -1.95. The third-order valence-corrected chi connectivity index (χ3v) is 2.61. The highest BCUT2D eigenvalue weighted by Gasteiger charge is 2.00. The van der Waals surface area contributed by atoms with Crippen molar-refractivity contribution in [3.8, 4) is 0 Å². The van der Waals surface area contributed by atoms with Gasteiger partial charge in [-0.15, -0.1) is 10.2 Å². The molecule has 0 amide bonds. The summed E-state index contributed by atoms with van der Waals surface area (Å²) in [7, 11) is 0. The normalized spacial score (nSPS) is 11.2. The van der Waals surface area contributed by atoms with E-state index in [1.807, 2.05) is 48.9 Å². The number of rotatable bonds is 3. The van der Waals surface area contributed by atoms with Crippen LogP contribution >= 0.6 is 0 Å². The molecule has 0 saturated carbocycles. The van der Waals surface area contributed by atoms with Crippen molar-refractivity contribution >= 4 is 11.5 Å². The number of nitrogens with zero attached hydrogens (tertiary/aromatic N) is 4. The van der Waals surface area contributed by atoms with Gasteiger partial charge in [0.1, 0.15) is 5.82 Å². The summed E-state index contributed by atoms with van der Waals surface area (Å²) in [6.45, 7) is 7.00. The van der Waals surface area contributed by atoms with Crippen LogP contribution in [0.4, 0.5) is 11.5 Å². The molecule has 0 saturated heterocycles.